The topological polar surface area (TPSA) is 58.6 Å². The lowest BCUT2D eigenvalue weighted by Gasteiger charge is -2.06. The smallest absolute Gasteiger partial charge is 0.304 e. The SMILES string of the molecule is CCCCCCCCCCCCCCCCCCOCCCNCCC(=O)O. The Kier molecular flexibility index (Phi) is 23.9. The molecule has 0 aromatic rings. The number of carboxylic acid groups (broad SMARTS) is 1. The largest absolute Gasteiger partial charge is 0.481 e. The van der Waals surface area contributed by atoms with Crippen molar-refractivity contribution in [3.63, 3.8) is 0 Å². The van der Waals surface area contributed by atoms with Crippen molar-refractivity contribution in [2.75, 3.05) is 26.3 Å². The molecule has 0 saturated heterocycles. The van der Waals surface area contributed by atoms with Crippen LogP contribution in [0, 0.1) is 0 Å². The highest BCUT2D eigenvalue weighted by molar-refractivity contribution is 5.66. The molecule has 0 atom stereocenters. The van der Waals surface area contributed by atoms with Crippen molar-refractivity contribution in [1.82, 2.24) is 5.32 Å². The van der Waals surface area contributed by atoms with Gasteiger partial charge in [0, 0.05) is 19.8 Å². The summed E-state index contributed by atoms with van der Waals surface area (Å²) in [5.74, 6) is -0.743. The van der Waals surface area contributed by atoms with Crippen LogP contribution in [0.2, 0.25) is 0 Å². The van der Waals surface area contributed by atoms with Gasteiger partial charge in [-0.25, -0.2) is 0 Å². The van der Waals surface area contributed by atoms with Crippen LogP contribution >= 0.6 is 0 Å². The van der Waals surface area contributed by atoms with Gasteiger partial charge in [-0.05, 0) is 19.4 Å². The second-order valence-electron chi connectivity index (χ2n) is 8.16. The number of ether oxygens (including phenoxy) is 1. The Balaban J connectivity index is 2.99. The van der Waals surface area contributed by atoms with Gasteiger partial charge in [0.1, 0.15) is 0 Å². The molecule has 0 rings (SSSR count). The summed E-state index contributed by atoms with van der Waals surface area (Å²) in [5.41, 5.74) is 0. The van der Waals surface area contributed by atoms with Crippen LogP contribution in [-0.4, -0.2) is 37.4 Å². The molecule has 0 aliphatic rings. The normalized spacial score (nSPS) is 11.2. The lowest BCUT2D eigenvalue weighted by Crippen LogP contribution is -2.20. The highest BCUT2D eigenvalue weighted by Crippen LogP contribution is 2.13. The lowest BCUT2D eigenvalue weighted by atomic mass is 10.0. The molecule has 0 aliphatic carbocycles. The van der Waals surface area contributed by atoms with Crippen molar-refractivity contribution in [2.24, 2.45) is 0 Å². The molecule has 4 heteroatoms. The van der Waals surface area contributed by atoms with Gasteiger partial charge >= 0.3 is 5.97 Å². The third-order valence-electron chi connectivity index (χ3n) is 5.30. The molecule has 0 aliphatic heterocycles. The van der Waals surface area contributed by atoms with Gasteiger partial charge in [0.15, 0.2) is 0 Å². The Labute approximate surface area is 175 Å². The average molecular weight is 400 g/mol. The Morgan fingerprint density at radius 2 is 1.07 bits per heavy atom. The number of carbonyl (C=O) groups is 1. The first-order valence-corrected chi connectivity index (χ1v) is 12.3. The molecule has 0 aromatic heterocycles. The molecule has 0 fully saturated rings. The maximum absolute atomic E-state index is 10.4. The van der Waals surface area contributed by atoms with Gasteiger partial charge in [-0.3, -0.25) is 4.79 Å². The Hall–Kier alpha value is -0.610. The van der Waals surface area contributed by atoms with Crippen molar-refractivity contribution in [1.29, 1.82) is 0 Å². The van der Waals surface area contributed by atoms with E-state index in [4.69, 9.17) is 9.84 Å². The molecular formula is C24H49NO3. The first-order valence-electron chi connectivity index (χ1n) is 12.3. The summed E-state index contributed by atoms with van der Waals surface area (Å²) >= 11 is 0. The van der Waals surface area contributed by atoms with Crippen LogP contribution in [0.4, 0.5) is 0 Å². The first kappa shape index (κ1) is 27.4. The number of carboxylic acids is 1. The van der Waals surface area contributed by atoms with E-state index < -0.39 is 5.97 Å². The standard InChI is InChI=1S/C24H49NO3/c1-2-3-4-5-6-7-8-9-10-11-12-13-14-15-16-17-22-28-23-18-20-25-21-19-24(26)27/h25H,2-23H2,1H3,(H,26,27). The molecule has 0 spiro atoms. The zero-order valence-corrected chi connectivity index (χ0v) is 18.8. The minimum atomic E-state index is -0.743. The van der Waals surface area contributed by atoms with E-state index in [1.165, 1.54) is 103 Å². The van der Waals surface area contributed by atoms with Crippen molar-refractivity contribution in [2.45, 2.75) is 122 Å². The number of unbranched alkanes of at least 4 members (excludes halogenated alkanes) is 15. The van der Waals surface area contributed by atoms with E-state index >= 15 is 0 Å². The van der Waals surface area contributed by atoms with Crippen LogP contribution in [0.25, 0.3) is 0 Å². The highest BCUT2D eigenvalue weighted by Gasteiger charge is 1.96. The lowest BCUT2D eigenvalue weighted by molar-refractivity contribution is -0.136. The zero-order chi connectivity index (χ0) is 20.5. The van der Waals surface area contributed by atoms with Gasteiger partial charge in [0.2, 0.25) is 0 Å². The van der Waals surface area contributed by atoms with Crippen molar-refractivity contribution in [3.05, 3.63) is 0 Å². The maximum Gasteiger partial charge on any atom is 0.304 e. The fourth-order valence-corrected chi connectivity index (χ4v) is 3.47. The number of rotatable bonds is 24. The minimum Gasteiger partial charge on any atom is -0.481 e. The summed E-state index contributed by atoms with van der Waals surface area (Å²) in [6, 6.07) is 0. The number of hydrogen-bond donors (Lipinski definition) is 2. The number of hydrogen-bond acceptors (Lipinski definition) is 3. The summed E-state index contributed by atoms with van der Waals surface area (Å²) in [5, 5.41) is 11.6. The van der Waals surface area contributed by atoms with E-state index in [0.29, 0.717) is 6.54 Å². The van der Waals surface area contributed by atoms with Crippen LogP contribution in [-0.2, 0) is 9.53 Å². The highest BCUT2D eigenvalue weighted by atomic mass is 16.5. The van der Waals surface area contributed by atoms with Crippen molar-refractivity contribution >= 4 is 5.97 Å². The molecule has 168 valence electrons. The van der Waals surface area contributed by atoms with E-state index in [2.05, 4.69) is 12.2 Å². The number of aliphatic carboxylic acids is 1. The molecule has 0 aromatic carbocycles. The van der Waals surface area contributed by atoms with E-state index in [-0.39, 0.29) is 6.42 Å². The molecule has 28 heavy (non-hydrogen) atoms. The molecule has 0 heterocycles. The predicted octanol–water partition coefficient (Wildman–Crippen LogP) is 6.72. The van der Waals surface area contributed by atoms with Crippen LogP contribution in [0.15, 0.2) is 0 Å². The third-order valence-corrected chi connectivity index (χ3v) is 5.30. The van der Waals surface area contributed by atoms with E-state index in [9.17, 15) is 4.79 Å². The van der Waals surface area contributed by atoms with Crippen molar-refractivity contribution in [3.8, 4) is 0 Å². The molecule has 0 saturated carbocycles. The molecular weight excluding hydrogens is 350 g/mol. The Morgan fingerprint density at radius 1 is 0.643 bits per heavy atom. The van der Waals surface area contributed by atoms with Crippen LogP contribution < -0.4 is 5.32 Å². The maximum atomic E-state index is 10.4. The summed E-state index contributed by atoms with van der Waals surface area (Å²) in [6.07, 6.45) is 23.5. The van der Waals surface area contributed by atoms with Crippen LogP contribution in [0.3, 0.4) is 0 Å². The second kappa shape index (κ2) is 24.4. The van der Waals surface area contributed by atoms with Crippen LogP contribution in [0.1, 0.15) is 122 Å². The molecule has 0 bridgehead atoms. The monoisotopic (exact) mass is 399 g/mol. The van der Waals surface area contributed by atoms with E-state index in [1.54, 1.807) is 0 Å². The van der Waals surface area contributed by atoms with Gasteiger partial charge in [0.05, 0.1) is 6.42 Å². The summed E-state index contributed by atoms with van der Waals surface area (Å²) in [6.45, 7) is 5.32. The van der Waals surface area contributed by atoms with E-state index in [0.717, 1.165) is 26.2 Å². The molecule has 0 amide bonds. The second-order valence-corrected chi connectivity index (χ2v) is 8.16. The van der Waals surface area contributed by atoms with Gasteiger partial charge in [-0.1, -0.05) is 103 Å². The molecule has 0 radical (unpaired) electrons. The third kappa shape index (κ3) is 25.4. The van der Waals surface area contributed by atoms with Crippen LogP contribution in [0.5, 0.6) is 0 Å². The number of nitrogens with one attached hydrogen (secondary N) is 1. The fourth-order valence-electron chi connectivity index (χ4n) is 3.47. The van der Waals surface area contributed by atoms with Gasteiger partial charge in [-0.2, -0.15) is 0 Å². The first-order chi connectivity index (χ1) is 13.8. The Bertz CT molecular complexity index is 310. The van der Waals surface area contributed by atoms with Gasteiger partial charge < -0.3 is 15.2 Å². The van der Waals surface area contributed by atoms with Gasteiger partial charge in [0.25, 0.3) is 0 Å². The Morgan fingerprint density at radius 3 is 1.54 bits per heavy atom. The quantitative estimate of drug-likeness (QED) is 0.177. The summed E-state index contributed by atoms with van der Waals surface area (Å²) < 4.78 is 5.62. The van der Waals surface area contributed by atoms with Gasteiger partial charge in [-0.15, -0.1) is 0 Å². The molecule has 0 unspecified atom stereocenters. The zero-order valence-electron chi connectivity index (χ0n) is 18.8. The molecule has 2 N–H and O–H groups in total. The fraction of sp³-hybridized carbons (Fsp3) is 0.958. The predicted molar refractivity (Wildman–Crippen MR) is 120 cm³/mol. The summed E-state index contributed by atoms with van der Waals surface area (Å²) in [4.78, 5) is 10.4. The average Bonchev–Trinajstić information content (AvgIpc) is 2.68. The minimum absolute atomic E-state index is 0.194. The van der Waals surface area contributed by atoms with Crippen molar-refractivity contribution < 1.29 is 14.6 Å². The molecule has 4 nitrogen and oxygen atoms in total. The van der Waals surface area contributed by atoms with E-state index in [1.807, 2.05) is 0 Å². The summed E-state index contributed by atoms with van der Waals surface area (Å²) in [7, 11) is 0.